The molecule has 6 heteroatoms. The summed E-state index contributed by atoms with van der Waals surface area (Å²) in [6.45, 7) is 3.69. The van der Waals surface area contributed by atoms with Crippen LogP contribution in [0.3, 0.4) is 0 Å². The number of hydrogen-bond donors (Lipinski definition) is 2. The van der Waals surface area contributed by atoms with E-state index in [1.54, 1.807) is 0 Å². The average molecular weight is 565 g/mol. The van der Waals surface area contributed by atoms with Crippen LogP contribution in [-0.4, -0.2) is 41.5 Å². The van der Waals surface area contributed by atoms with Crippen LogP contribution in [0.2, 0.25) is 0 Å². The number of carbonyl (C=O) groups is 2. The molecule has 2 heterocycles. The number of nitrogens with zero attached hydrogens (tertiary/aromatic N) is 1. The van der Waals surface area contributed by atoms with E-state index >= 15 is 0 Å². The van der Waals surface area contributed by atoms with Crippen molar-refractivity contribution in [1.82, 2.24) is 4.90 Å². The monoisotopic (exact) mass is 564 g/mol. The van der Waals surface area contributed by atoms with Crippen LogP contribution >= 0.6 is 0 Å². The summed E-state index contributed by atoms with van der Waals surface area (Å²) >= 11 is 0. The minimum atomic E-state index is -0.121. The Kier molecular flexibility index (Phi) is 9.75. The van der Waals surface area contributed by atoms with E-state index in [2.05, 4.69) is 17.5 Å². The van der Waals surface area contributed by atoms with Crippen molar-refractivity contribution in [3.8, 4) is 16.9 Å². The first-order valence-corrected chi connectivity index (χ1v) is 15.1. The summed E-state index contributed by atoms with van der Waals surface area (Å²) in [5, 5.41) is 14.1. The Hall–Kier alpha value is -4.32. The van der Waals surface area contributed by atoms with Crippen molar-refractivity contribution in [2.75, 3.05) is 25.0 Å². The van der Waals surface area contributed by atoms with Gasteiger partial charge in [0.2, 0.25) is 5.91 Å². The first-order chi connectivity index (χ1) is 20.5. The van der Waals surface area contributed by atoms with Crippen LogP contribution in [0, 0.1) is 5.92 Å². The lowest BCUT2D eigenvalue weighted by molar-refractivity contribution is -0.114. The number of likely N-dealkylation sites (tertiary alicyclic amines) is 1. The molecule has 2 aliphatic rings. The second kappa shape index (κ2) is 14.0. The lowest BCUT2D eigenvalue weighted by Crippen LogP contribution is -2.31. The van der Waals surface area contributed by atoms with Crippen LogP contribution in [0.1, 0.15) is 67.8 Å². The lowest BCUT2D eigenvalue weighted by Gasteiger charge is -2.21. The number of anilines is 1. The van der Waals surface area contributed by atoms with Crippen molar-refractivity contribution in [2.24, 2.45) is 5.92 Å². The summed E-state index contributed by atoms with van der Waals surface area (Å²) in [4.78, 5) is 26.3. The van der Waals surface area contributed by atoms with Gasteiger partial charge in [-0.2, -0.15) is 0 Å². The molecular weight excluding hydrogens is 524 g/mol. The highest BCUT2D eigenvalue weighted by molar-refractivity contribution is 5.94. The Morgan fingerprint density at radius 1 is 0.929 bits per heavy atom. The summed E-state index contributed by atoms with van der Waals surface area (Å²) in [5.41, 5.74) is 4.96. The van der Waals surface area contributed by atoms with Crippen molar-refractivity contribution in [3.63, 3.8) is 0 Å². The number of rotatable bonds is 7. The highest BCUT2D eigenvalue weighted by Crippen LogP contribution is 2.38. The van der Waals surface area contributed by atoms with Gasteiger partial charge < -0.3 is 20.1 Å². The van der Waals surface area contributed by atoms with Crippen molar-refractivity contribution >= 4 is 23.3 Å². The Bertz CT molecular complexity index is 1440. The zero-order valence-corrected chi connectivity index (χ0v) is 24.4. The third-order valence-corrected chi connectivity index (χ3v) is 8.14. The number of hydrogen-bond acceptors (Lipinski definition) is 4. The minimum Gasteiger partial charge on any atom is -0.507 e. The van der Waals surface area contributed by atoms with E-state index in [1.807, 2.05) is 77.7 Å². The Morgan fingerprint density at radius 2 is 1.71 bits per heavy atom. The largest absolute Gasteiger partial charge is 0.507 e. The fourth-order valence-electron chi connectivity index (χ4n) is 5.85. The van der Waals surface area contributed by atoms with Gasteiger partial charge in [-0.25, -0.2) is 0 Å². The predicted octanol–water partition coefficient (Wildman–Crippen LogP) is 7.82. The Balaban J connectivity index is 1.26. The second-order valence-corrected chi connectivity index (χ2v) is 11.2. The summed E-state index contributed by atoms with van der Waals surface area (Å²) in [6, 6.07) is 22.8. The van der Waals surface area contributed by atoms with Gasteiger partial charge in [-0.1, -0.05) is 48.5 Å². The molecule has 0 bridgehead atoms. The van der Waals surface area contributed by atoms with E-state index < -0.39 is 0 Å². The van der Waals surface area contributed by atoms with Gasteiger partial charge in [-0.3, -0.25) is 9.59 Å². The molecule has 0 spiro atoms. The van der Waals surface area contributed by atoms with E-state index in [4.69, 9.17) is 4.74 Å². The molecule has 2 N–H and O–H groups in total. The number of phenols is 1. The molecule has 1 atom stereocenters. The maximum atomic E-state index is 13.0. The van der Waals surface area contributed by atoms with Crippen LogP contribution in [0.4, 0.5) is 5.69 Å². The topological polar surface area (TPSA) is 78.9 Å². The molecule has 1 saturated heterocycles. The zero-order valence-electron chi connectivity index (χ0n) is 24.4. The number of carbonyl (C=O) groups excluding carboxylic acids is 2. The second-order valence-electron chi connectivity index (χ2n) is 11.2. The van der Waals surface area contributed by atoms with E-state index in [0.29, 0.717) is 35.1 Å². The predicted molar refractivity (Wildman–Crippen MR) is 168 cm³/mol. The molecule has 2 amide bonds. The van der Waals surface area contributed by atoms with E-state index in [1.165, 1.54) is 12.5 Å². The molecule has 0 aromatic heterocycles. The first-order valence-electron chi connectivity index (χ1n) is 15.1. The van der Waals surface area contributed by atoms with Crippen LogP contribution in [0.15, 0.2) is 90.5 Å². The fourth-order valence-corrected chi connectivity index (χ4v) is 5.85. The van der Waals surface area contributed by atoms with Crippen molar-refractivity contribution in [1.29, 1.82) is 0 Å². The van der Waals surface area contributed by atoms with Crippen molar-refractivity contribution < 1.29 is 19.4 Å². The molecule has 1 unspecified atom stereocenters. The van der Waals surface area contributed by atoms with E-state index in [9.17, 15) is 14.7 Å². The number of phenolic OH excluding ortho intramolecular Hbond substituents is 1. The highest BCUT2D eigenvalue weighted by Gasteiger charge is 2.22. The molecule has 0 saturated carbocycles. The summed E-state index contributed by atoms with van der Waals surface area (Å²) in [5.74, 6) is 1.46. The van der Waals surface area contributed by atoms with Gasteiger partial charge in [0.05, 0.1) is 12.2 Å². The number of para-hydroxylation sites is 1. The van der Waals surface area contributed by atoms with E-state index in [-0.39, 0.29) is 17.6 Å². The number of amides is 2. The molecular formula is C36H40N2O4. The quantitative estimate of drug-likeness (QED) is 0.307. The van der Waals surface area contributed by atoms with Crippen LogP contribution in [0.25, 0.3) is 16.9 Å². The summed E-state index contributed by atoms with van der Waals surface area (Å²) in [7, 11) is 0. The van der Waals surface area contributed by atoms with Crippen molar-refractivity contribution in [2.45, 2.75) is 51.9 Å². The summed E-state index contributed by atoms with van der Waals surface area (Å²) in [6.07, 6.45) is 11.5. The van der Waals surface area contributed by atoms with Crippen LogP contribution in [0.5, 0.6) is 5.75 Å². The van der Waals surface area contributed by atoms with Gasteiger partial charge in [-0.05, 0) is 98.4 Å². The molecule has 3 aromatic rings. The maximum absolute atomic E-state index is 13.0. The molecule has 5 rings (SSSR count). The minimum absolute atomic E-state index is 0.121. The molecule has 0 aliphatic carbocycles. The number of ether oxygens (including phenoxy) is 1. The molecule has 1 fully saturated rings. The number of aromatic hydroxyl groups is 1. The maximum Gasteiger partial charge on any atom is 0.253 e. The summed E-state index contributed by atoms with van der Waals surface area (Å²) < 4.78 is 6.20. The smallest absolute Gasteiger partial charge is 0.253 e. The molecule has 2 aliphatic heterocycles. The van der Waals surface area contributed by atoms with Gasteiger partial charge in [0.15, 0.2) is 0 Å². The standard InChI is InChI=1S/C36H40N2O4/c1-26(39)37-31-19-17-29(18-20-31)32-13-7-14-33(35(32)40)34-25-28(9-5-6-24-42-34)16-15-27-10-8-22-38(23-21-27)36(41)30-11-3-2-4-12-30/h2-4,7,9,11-14,17-20,25,27,40H,5-6,8,10,15-16,21-24H2,1H3,(H,37,39)/b28-9+,34-25-. The third kappa shape index (κ3) is 7.49. The van der Waals surface area contributed by atoms with Crippen molar-refractivity contribution in [3.05, 3.63) is 102 Å². The van der Waals surface area contributed by atoms with Crippen LogP contribution in [-0.2, 0) is 9.53 Å². The molecule has 42 heavy (non-hydrogen) atoms. The SMILES string of the molecule is CC(=O)Nc1ccc(-c2cccc(/C3=C/C(CCC4CCCN(C(=O)c5ccccc5)CC4)=C/CCCO3)c2O)cc1. The molecule has 0 radical (unpaired) electrons. The Labute approximate surface area is 248 Å². The molecule has 218 valence electrons. The van der Waals surface area contributed by atoms with Gasteiger partial charge in [0, 0.05) is 36.8 Å². The number of benzene rings is 3. The lowest BCUT2D eigenvalue weighted by atomic mass is 9.92. The van der Waals surface area contributed by atoms with E-state index in [0.717, 1.165) is 69.2 Å². The fraction of sp³-hybridized carbons (Fsp3) is 0.333. The van der Waals surface area contributed by atoms with Gasteiger partial charge in [0.1, 0.15) is 11.5 Å². The van der Waals surface area contributed by atoms with Gasteiger partial charge in [0.25, 0.3) is 5.91 Å². The normalized spacial score (nSPS) is 20.0. The van der Waals surface area contributed by atoms with Gasteiger partial charge in [-0.15, -0.1) is 0 Å². The molecule has 3 aromatic carbocycles. The first kappa shape index (κ1) is 29.2. The Morgan fingerprint density at radius 3 is 2.50 bits per heavy atom. The third-order valence-electron chi connectivity index (χ3n) is 8.14. The van der Waals surface area contributed by atoms with Gasteiger partial charge >= 0.3 is 0 Å². The number of allylic oxidation sites excluding steroid dienone is 3. The average Bonchev–Trinajstić information content (AvgIpc) is 3.23. The highest BCUT2D eigenvalue weighted by atomic mass is 16.5. The number of nitrogens with one attached hydrogen (secondary N) is 1. The van der Waals surface area contributed by atoms with Crippen LogP contribution < -0.4 is 5.32 Å². The molecule has 6 nitrogen and oxygen atoms in total. The zero-order chi connectivity index (χ0) is 29.3.